The van der Waals surface area contributed by atoms with E-state index in [0.717, 1.165) is 49.7 Å². The predicted molar refractivity (Wildman–Crippen MR) is 117 cm³/mol. The number of carbonyl (C=O) groups is 1. The number of hydrogen-bond acceptors (Lipinski definition) is 2. The van der Waals surface area contributed by atoms with Crippen LogP contribution in [0.15, 0.2) is 60.8 Å². The van der Waals surface area contributed by atoms with Crippen molar-refractivity contribution in [3.63, 3.8) is 0 Å². The summed E-state index contributed by atoms with van der Waals surface area (Å²) in [6, 6.07) is 19.5. The third kappa shape index (κ3) is 3.82. The molecule has 4 heteroatoms. The third-order valence-corrected chi connectivity index (χ3v) is 6.66. The summed E-state index contributed by atoms with van der Waals surface area (Å²) in [6.45, 7) is 4.59. The summed E-state index contributed by atoms with van der Waals surface area (Å²) in [4.78, 5) is 17.7. The van der Waals surface area contributed by atoms with Crippen LogP contribution in [0, 0.1) is 0 Å². The largest absolute Gasteiger partial charge is 0.343 e. The number of rotatable bonds is 4. The van der Waals surface area contributed by atoms with Crippen LogP contribution in [0.3, 0.4) is 0 Å². The molecule has 2 aliphatic rings. The number of carbonyl (C=O) groups excluding carboxylic acids is 1. The van der Waals surface area contributed by atoms with Gasteiger partial charge in [0.15, 0.2) is 0 Å². The molecule has 1 saturated heterocycles. The summed E-state index contributed by atoms with van der Waals surface area (Å²) < 4.78 is 2.25. The summed E-state index contributed by atoms with van der Waals surface area (Å²) in [5.41, 5.74) is 3.27. The number of hydrogen-bond donors (Lipinski definition) is 0. The van der Waals surface area contributed by atoms with Gasteiger partial charge in [-0.3, -0.25) is 9.69 Å². The number of aromatic nitrogens is 1. The molecule has 150 valence electrons. The van der Waals surface area contributed by atoms with Gasteiger partial charge >= 0.3 is 0 Å². The topological polar surface area (TPSA) is 28.5 Å². The zero-order valence-electron chi connectivity index (χ0n) is 17.0. The summed E-state index contributed by atoms with van der Waals surface area (Å²) in [6.07, 6.45) is 7.53. The van der Waals surface area contributed by atoms with Gasteiger partial charge in [0.1, 0.15) is 0 Å². The van der Waals surface area contributed by atoms with Crippen LogP contribution in [-0.2, 0) is 6.54 Å². The average molecular weight is 388 g/mol. The summed E-state index contributed by atoms with van der Waals surface area (Å²) in [7, 11) is 0. The van der Waals surface area contributed by atoms with Crippen molar-refractivity contribution in [3.05, 3.63) is 71.9 Å². The first-order valence-electron chi connectivity index (χ1n) is 10.9. The Labute approximate surface area is 172 Å². The fraction of sp³-hybridized carbons (Fsp3) is 0.400. The fourth-order valence-corrected chi connectivity index (χ4v) is 4.99. The lowest BCUT2D eigenvalue weighted by Gasteiger charge is -2.38. The van der Waals surface area contributed by atoms with E-state index in [4.69, 9.17) is 0 Å². The molecule has 0 spiro atoms. The molecule has 3 aromatic rings. The van der Waals surface area contributed by atoms with Crippen molar-refractivity contribution in [2.45, 2.75) is 38.3 Å². The summed E-state index contributed by atoms with van der Waals surface area (Å²) in [5, 5.41) is 1.14. The van der Waals surface area contributed by atoms with Gasteiger partial charge in [-0.1, -0.05) is 43.2 Å². The van der Waals surface area contributed by atoms with E-state index >= 15 is 0 Å². The third-order valence-electron chi connectivity index (χ3n) is 6.66. The quantitative estimate of drug-likeness (QED) is 0.664. The van der Waals surface area contributed by atoms with Crippen LogP contribution in [0.2, 0.25) is 0 Å². The van der Waals surface area contributed by atoms with E-state index in [1.807, 2.05) is 17.0 Å². The van der Waals surface area contributed by atoms with Gasteiger partial charge in [0.05, 0.1) is 0 Å². The van der Waals surface area contributed by atoms with Crippen molar-refractivity contribution < 1.29 is 4.79 Å². The van der Waals surface area contributed by atoms with Crippen molar-refractivity contribution in [1.82, 2.24) is 14.4 Å². The van der Waals surface area contributed by atoms with Crippen LogP contribution in [-0.4, -0.2) is 52.5 Å². The molecule has 1 aliphatic carbocycles. The van der Waals surface area contributed by atoms with Crippen LogP contribution in [0.1, 0.15) is 41.6 Å². The average Bonchev–Trinajstić information content (AvgIpc) is 3.44. The lowest BCUT2D eigenvalue weighted by atomic mass is 10.1. The molecule has 1 amide bonds. The zero-order chi connectivity index (χ0) is 19.6. The van der Waals surface area contributed by atoms with Crippen LogP contribution in [0.4, 0.5) is 0 Å². The summed E-state index contributed by atoms with van der Waals surface area (Å²) in [5.74, 6) is 0.175. The molecule has 0 unspecified atom stereocenters. The first-order chi connectivity index (χ1) is 14.3. The number of amides is 1. The van der Waals surface area contributed by atoms with E-state index < -0.39 is 0 Å². The van der Waals surface area contributed by atoms with Crippen molar-refractivity contribution in [2.75, 3.05) is 26.2 Å². The number of benzene rings is 2. The normalized spacial score (nSPS) is 18.6. The monoisotopic (exact) mass is 387 g/mol. The molecule has 0 radical (unpaired) electrons. The van der Waals surface area contributed by atoms with E-state index in [1.165, 1.54) is 36.8 Å². The minimum atomic E-state index is 0.175. The van der Waals surface area contributed by atoms with Gasteiger partial charge in [-0.25, -0.2) is 0 Å². The second-order valence-corrected chi connectivity index (χ2v) is 8.47. The van der Waals surface area contributed by atoms with Crippen molar-refractivity contribution >= 4 is 16.8 Å². The van der Waals surface area contributed by atoms with Crippen molar-refractivity contribution in [1.29, 1.82) is 0 Å². The van der Waals surface area contributed by atoms with E-state index in [1.54, 1.807) is 0 Å². The lowest BCUT2D eigenvalue weighted by molar-refractivity contribution is 0.0573. The van der Waals surface area contributed by atoms with E-state index in [0.29, 0.717) is 0 Å². The number of piperazine rings is 1. The number of nitrogens with zero attached hydrogens (tertiary/aromatic N) is 3. The van der Waals surface area contributed by atoms with Crippen LogP contribution < -0.4 is 0 Å². The Bertz CT molecular complexity index is 980. The Balaban J connectivity index is 1.27. The molecule has 2 heterocycles. The van der Waals surface area contributed by atoms with E-state index in [9.17, 15) is 4.79 Å². The maximum Gasteiger partial charge on any atom is 0.253 e. The molecule has 2 fully saturated rings. The zero-order valence-corrected chi connectivity index (χ0v) is 17.0. The van der Waals surface area contributed by atoms with Gasteiger partial charge in [-0.15, -0.1) is 0 Å². The number of fused-ring (bicyclic) bond motifs is 1. The highest BCUT2D eigenvalue weighted by molar-refractivity contribution is 5.98. The fourth-order valence-electron chi connectivity index (χ4n) is 4.99. The van der Waals surface area contributed by atoms with Crippen molar-refractivity contribution in [2.24, 2.45) is 0 Å². The predicted octanol–water partition coefficient (Wildman–Crippen LogP) is 4.39. The first kappa shape index (κ1) is 18.4. The molecule has 29 heavy (non-hydrogen) atoms. The maximum atomic E-state index is 13.1. The Morgan fingerprint density at radius 1 is 0.897 bits per heavy atom. The Hall–Kier alpha value is -2.59. The highest BCUT2D eigenvalue weighted by Crippen LogP contribution is 2.25. The summed E-state index contributed by atoms with van der Waals surface area (Å²) >= 11 is 0. The standard InChI is InChI=1S/C25H29N3O/c29-25(27-16-14-26(15-17-27)23-8-4-5-9-23)22-10-11-24-21(18-22)12-13-28(24)19-20-6-2-1-3-7-20/h1-3,6-7,10-13,18,23H,4-5,8-9,14-17,19H2. The maximum absolute atomic E-state index is 13.1. The Morgan fingerprint density at radius 3 is 2.41 bits per heavy atom. The van der Waals surface area contributed by atoms with E-state index in [-0.39, 0.29) is 5.91 Å². The smallest absolute Gasteiger partial charge is 0.253 e. The molecule has 0 bridgehead atoms. The van der Waals surface area contributed by atoms with Crippen LogP contribution in [0.5, 0.6) is 0 Å². The molecular weight excluding hydrogens is 358 g/mol. The van der Waals surface area contributed by atoms with E-state index in [2.05, 4.69) is 58.1 Å². The van der Waals surface area contributed by atoms with Gasteiger partial charge in [0.2, 0.25) is 0 Å². The van der Waals surface area contributed by atoms with Crippen molar-refractivity contribution in [3.8, 4) is 0 Å². The molecular formula is C25H29N3O. The molecule has 2 aromatic carbocycles. The second kappa shape index (κ2) is 8.03. The van der Waals surface area contributed by atoms with Gasteiger partial charge in [-0.05, 0) is 42.7 Å². The lowest BCUT2D eigenvalue weighted by Crippen LogP contribution is -2.51. The SMILES string of the molecule is O=C(c1ccc2c(ccn2Cc2ccccc2)c1)N1CCN(C2CCCC2)CC1. The van der Waals surface area contributed by atoms with Gasteiger partial charge in [-0.2, -0.15) is 0 Å². The minimum Gasteiger partial charge on any atom is -0.343 e. The highest BCUT2D eigenvalue weighted by Gasteiger charge is 2.28. The molecule has 1 aromatic heterocycles. The molecule has 1 saturated carbocycles. The first-order valence-corrected chi connectivity index (χ1v) is 10.9. The van der Waals surface area contributed by atoms with Crippen LogP contribution in [0.25, 0.3) is 10.9 Å². The second-order valence-electron chi connectivity index (χ2n) is 8.47. The van der Waals surface area contributed by atoms with Crippen LogP contribution >= 0.6 is 0 Å². The molecule has 0 N–H and O–H groups in total. The van der Waals surface area contributed by atoms with Gasteiger partial charge in [0, 0.05) is 61.4 Å². The van der Waals surface area contributed by atoms with Gasteiger partial charge in [0.25, 0.3) is 5.91 Å². The molecule has 5 rings (SSSR count). The Morgan fingerprint density at radius 2 is 1.66 bits per heavy atom. The molecule has 1 aliphatic heterocycles. The molecule has 4 nitrogen and oxygen atoms in total. The minimum absolute atomic E-state index is 0.175. The highest BCUT2D eigenvalue weighted by atomic mass is 16.2. The van der Waals surface area contributed by atoms with Gasteiger partial charge < -0.3 is 9.47 Å². The Kier molecular flexibility index (Phi) is 5.11. The molecule has 0 atom stereocenters.